The van der Waals surface area contributed by atoms with Gasteiger partial charge in [0.15, 0.2) is 0 Å². The summed E-state index contributed by atoms with van der Waals surface area (Å²) in [6, 6.07) is 0. The zero-order chi connectivity index (χ0) is 19.3. The average Bonchev–Trinajstić information content (AvgIpc) is 2.61. The quantitative estimate of drug-likeness (QED) is 0.312. The monoisotopic (exact) mass is 357 g/mol. The molecule has 0 unspecified atom stereocenters. The average molecular weight is 358 g/mol. The molecule has 0 radical (unpaired) electrons. The van der Waals surface area contributed by atoms with Crippen LogP contribution in [-0.4, -0.2) is 76.7 Å². The summed E-state index contributed by atoms with van der Waals surface area (Å²) in [6.07, 6.45) is 5.20. The highest BCUT2D eigenvalue weighted by atomic mass is 16.6. The molecule has 0 fully saturated rings. The number of hydrogen-bond acceptors (Lipinski definition) is 6. The molecule has 0 heterocycles. The molecule has 6 heteroatoms. The highest BCUT2D eigenvalue weighted by Gasteiger charge is 2.03. The lowest BCUT2D eigenvalue weighted by atomic mass is 10.2. The Labute approximate surface area is 154 Å². The molecule has 25 heavy (non-hydrogen) atoms. The van der Waals surface area contributed by atoms with E-state index in [9.17, 15) is 4.79 Å². The number of nitrogens with one attached hydrogen (secondary N) is 1. The van der Waals surface area contributed by atoms with Gasteiger partial charge in [-0.2, -0.15) is 0 Å². The summed E-state index contributed by atoms with van der Waals surface area (Å²) in [7, 11) is 2.00. The summed E-state index contributed by atoms with van der Waals surface area (Å²) in [5, 5.41) is 3.19. The Balaban J connectivity index is 0. The van der Waals surface area contributed by atoms with E-state index in [2.05, 4.69) is 46.8 Å². The maximum Gasteiger partial charge on any atom is 0.302 e. The number of rotatable bonds is 13. The largest absolute Gasteiger partial charge is 0.463 e. The molecule has 1 N–H and O–H groups in total. The third-order valence-corrected chi connectivity index (χ3v) is 3.34. The fraction of sp³-hybridized carbons (Fsp3) is 0.789. The van der Waals surface area contributed by atoms with E-state index in [-0.39, 0.29) is 5.97 Å². The fourth-order valence-electron chi connectivity index (χ4n) is 1.84. The van der Waals surface area contributed by atoms with Gasteiger partial charge in [-0.1, -0.05) is 19.4 Å². The molecule has 0 aromatic carbocycles. The molecule has 6 nitrogen and oxygen atoms in total. The number of nitrogens with zero attached hydrogens (tertiary/aromatic N) is 2. The Bertz CT molecular complexity index is 358. The van der Waals surface area contributed by atoms with Crippen molar-refractivity contribution in [2.24, 2.45) is 4.99 Å². The van der Waals surface area contributed by atoms with Gasteiger partial charge in [0.2, 0.25) is 0 Å². The van der Waals surface area contributed by atoms with E-state index >= 15 is 0 Å². The third-order valence-electron chi connectivity index (χ3n) is 3.34. The van der Waals surface area contributed by atoms with Gasteiger partial charge < -0.3 is 14.8 Å². The molecule has 0 aliphatic rings. The first-order chi connectivity index (χ1) is 12.0. The summed E-state index contributed by atoms with van der Waals surface area (Å²) in [5.74, 6) is -0.255. The summed E-state index contributed by atoms with van der Waals surface area (Å²) in [5.41, 5.74) is 1.45. The highest BCUT2D eigenvalue weighted by molar-refractivity contribution is 5.72. The predicted octanol–water partition coefficient (Wildman–Crippen LogP) is 2.54. The molecule has 0 saturated carbocycles. The second kappa shape index (κ2) is 20.8. The first kappa shape index (κ1) is 26.0. The number of esters is 1. The van der Waals surface area contributed by atoms with Gasteiger partial charge in [0.05, 0.1) is 6.61 Å². The minimum Gasteiger partial charge on any atom is -0.463 e. The lowest BCUT2D eigenvalue weighted by molar-refractivity contribution is -0.142. The number of carbonyl (C=O) groups is 1. The Morgan fingerprint density at radius 1 is 1.20 bits per heavy atom. The number of aliphatic imine (C=N–C) groups is 1. The van der Waals surface area contributed by atoms with Crippen molar-refractivity contribution in [3.63, 3.8) is 0 Å². The first-order valence-corrected chi connectivity index (χ1v) is 9.31. The van der Waals surface area contributed by atoms with Crippen LogP contribution < -0.4 is 5.32 Å². The van der Waals surface area contributed by atoms with E-state index in [1.54, 1.807) is 0 Å². The Hall–Kier alpha value is -1.24. The van der Waals surface area contributed by atoms with Gasteiger partial charge in [-0.25, -0.2) is 0 Å². The zero-order valence-electron chi connectivity index (χ0n) is 17.1. The zero-order valence-corrected chi connectivity index (χ0v) is 17.1. The van der Waals surface area contributed by atoms with Crippen LogP contribution in [0, 0.1) is 0 Å². The van der Waals surface area contributed by atoms with Crippen molar-refractivity contribution in [3.05, 3.63) is 11.6 Å². The van der Waals surface area contributed by atoms with E-state index in [1.165, 1.54) is 12.5 Å². The Morgan fingerprint density at radius 3 is 2.40 bits per heavy atom. The molecule has 0 atom stereocenters. The van der Waals surface area contributed by atoms with Crippen molar-refractivity contribution in [1.82, 2.24) is 10.2 Å². The molecule has 0 amide bonds. The predicted molar refractivity (Wildman–Crippen MR) is 107 cm³/mol. The van der Waals surface area contributed by atoms with Crippen molar-refractivity contribution >= 4 is 12.2 Å². The molecule has 0 aliphatic heterocycles. The molecular weight excluding hydrogens is 318 g/mol. The molecule has 0 saturated heterocycles. The van der Waals surface area contributed by atoms with E-state index in [0.29, 0.717) is 19.8 Å². The standard InChI is InChI=1S/C13H27N3.C6H12O3/c1-5-13(8-9-15-6-2)12-16(7-3)11-10-14-4;1-3-8-4-5-9-6(2)7/h8-9,14H,5-7,10-12H2,1-4H3;3-5H2,1-2H3/b13-8+,15-9?;. The molecule has 0 aromatic rings. The van der Waals surface area contributed by atoms with E-state index in [0.717, 1.165) is 39.1 Å². The maximum absolute atomic E-state index is 10.1. The van der Waals surface area contributed by atoms with Crippen LogP contribution in [0.15, 0.2) is 16.6 Å². The molecule has 0 rings (SSSR count). The van der Waals surface area contributed by atoms with Gasteiger partial charge >= 0.3 is 5.97 Å². The van der Waals surface area contributed by atoms with Crippen molar-refractivity contribution < 1.29 is 14.3 Å². The minimum absolute atomic E-state index is 0.255. The number of ether oxygens (including phenoxy) is 2. The van der Waals surface area contributed by atoms with Crippen LogP contribution in [0.2, 0.25) is 0 Å². The van der Waals surface area contributed by atoms with Crippen molar-refractivity contribution in [2.75, 3.05) is 59.6 Å². The topological polar surface area (TPSA) is 63.2 Å². The van der Waals surface area contributed by atoms with Crippen LogP contribution in [-0.2, 0) is 14.3 Å². The van der Waals surface area contributed by atoms with Crippen LogP contribution in [0.1, 0.15) is 41.0 Å². The third kappa shape index (κ3) is 20.7. The van der Waals surface area contributed by atoms with E-state index in [1.807, 2.05) is 20.2 Å². The summed E-state index contributed by atoms with van der Waals surface area (Å²) in [6.45, 7) is 16.5. The molecular formula is C19H39N3O3. The number of likely N-dealkylation sites (N-methyl/N-ethyl adjacent to an activating group) is 2. The minimum atomic E-state index is -0.255. The molecule has 0 bridgehead atoms. The van der Waals surface area contributed by atoms with Crippen molar-refractivity contribution in [3.8, 4) is 0 Å². The number of hydrogen-bond donors (Lipinski definition) is 1. The Kier molecular flexibility index (Phi) is 21.6. The number of carbonyl (C=O) groups excluding carboxylic acids is 1. The van der Waals surface area contributed by atoms with Gasteiger partial charge in [0.1, 0.15) is 6.61 Å². The summed E-state index contributed by atoms with van der Waals surface area (Å²) >= 11 is 0. The van der Waals surface area contributed by atoms with Crippen LogP contribution in [0.25, 0.3) is 0 Å². The highest BCUT2D eigenvalue weighted by Crippen LogP contribution is 2.03. The molecule has 0 spiro atoms. The van der Waals surface area contributed by atoms with Crippen LogP contribution in [0.4, 0.5) is 0 Å². The van der Waals surface area contributed by atoms with Gasteiger partial charge in [-0.3, -0.25) is 14.7 Å². The van der Waals surface area contributed by atoms with Crippen LogP contribution >= 0.6 is 0 Å². The van der Waals surface area contributed by atoms with Crippen LogP contribution in [0.3, 0.4) is 0 Å². The Morgan fingerprint density at radius 2 is 1.92 bits per heavy atom. The van der Waals surface area contributed by atoms with E-state index < -0.39 is 0 Å². The number of allylic oxidation sites excluding steroid dienone is 1. The first-order valence-electron chi connectivity index (χ1n) is 9.31. The lowest BCUT2D eigenvalue weighted by Gasteiger charge is -2.21. The van der Waals surface area contributed by atoms with Gasteiger partial charge in [0.25, 0.3) is 0 Å². The molecule has 148 valence electrons. The van der Waals surface area contributed by atoms with Crippen molar-refractivity contribution in [2.45, 2.75) is 41.0 Å². The van der Waals surface area contributed by atoms with Gasteiger partial charge in [-0.15, -0.1) is 0 Å². The normalized spacial score (nSPS) is 11.6. The van der Waals surface area contributed by atoms with Crippen LogP contribution in [0.5, 0.6) is 0 Å². The second-order valence-electron chi connectivity index (χ2n) is 5.34. The smallest absolute Gasteiger partial charge is 0.302 e. The fourth-order valence-corrected chi connectivity index (χ4v) is 1.84. The summed E-state index contributed by atoms with van der Waals surface area (Å²) in [4.78, 5) is 16.8. The van der Waals surface area contributed by atoms with Crippen molar-refractivity contribution in [1.29, 1.82) is 0 Å². The molecule has 0 aromatic heterocycles. The van der Waals surface area contributed by atoms with E-state index in [4.69, 9.17) is 4.74 Å². The molecule has 0 aliphatic carbocycles. The van der Waals surface area contributed by atoms with Gasteiger partial charge in [-0.05, 0) is 39.9 Å². The maximum atomic E-state index is 10.1. The SMILES string of the molecule is CCN=C/C=C(\CC)CN(CC)CCNC.CCOCCOC(C)=O. The summed E-state index contributed by atoms with van der Waals surface area (Å²) < 4.78 is 9.49. The lowest BCUT2D eigenvalue weighted by Crippen LogP contribution is -2.32. The second-order valence-corrected chi connectivity index (χ2v) is 5.34. The van der Waals surface area contributed by atoms with Gasteiger partial charge in [0, 0.05) is 45.9 Å².